The van der Waals surface area contributed by atoms with Gasteiger partial charge in [-0.1, -0.05) is 48.5 Å². The van der Waals surface area contributed by atoms with Crippen LogP contribution in [0.1, 0.15) is 40.9 Å². The number of hydrogen-bond acceptors (Lipinski definition) is 6. The maximum atomic E-state index is 13.5. The Hall–Kier alpha value is -4.65. The maximum absolute atomic E-state index is 13.5. The van der Waals surface area contributed by atoms with Crippen molar-refractivity contribution in [2.75, 3.05) is 32.2 Å². The fourth-order valence-corrected chi connectivity index (χ4v) is 4.73. The number of aldehydes is 1. The average molecular weight is 522 g/mol. The molecule has 0 fully saturated rings. The van der Waals surface area contributed by atoms with Crippen LogP contribution < -0.4 is 14.4 Å². The van der Waals surface area contributed by atoms with E-state index in [0.717, 1.165) is 39.6 Å². The number of hydrazone groups is 1. The number of benzene rings is 4. The first-order valence-corrected chi connectivity index (χ1v) is 13.0. The van der Waals surface area contributed by atoms with Gasteiger partial charge in [0.2, 0.25) is 0 Å². The summed E-state index contributed by atoms with van der Waals surface area (Å²) in [4.78, 5) is 26.8. The molecule has 7 nitrogen and oxygen atoms in total. The molecule has 1 aliphatic heterocycles. The van der Waals surface area contributed by atoms with Crippen molar-refractivity contribution in [3.8, 4) is 11.5 Å². The quantitative estimate of drug-likeness (QED) is 0.258. The van der Waals surface area contributed by atoms with Crippen molar-refractivity contribution in [3.63, 3.8) is 0 Å². The summed E-state index contributed by atoms with van der Waals surface area (Å²) in [5.74, 6) is 0.558. The lowest BCUT2D eigenvalue weighted by Gasteiger charge is -2.23. The topological polar surface area (TPSA) is 71.4 Å². The number of ether oxygens (including phenoxy) is 2. The highest BCUT2D eigenvalue weighted by Gasteiger charge is 2.33. The molecule has 1 unspecified atom stereocenters. The first kappa shape index (κ1) is 26.0. The predicted octanol–water partition coefficient (Wildman–Crippen LogP) is 5.87. The summed E-state index contributed by atoms with van der Waals surface area (Å²) in [5.41, 5.74) is 4.39. The summed E-state index contributed by atoms with van der Waals surface area (Å²) >= 11 is 0. The van der Waals surface area contributed by atoms with Gasteiger partial charge in [0, 0.05) is 31.8 Å². The van der Waals surface area contributed by atoms with Crippen LogP contribution in [0.4, 0.5) is 5.69 Å². The molecule has 4 aromatic rings. The molecule has 0 bridgehead atoms. The number of amides is 1. The van der Waals surface area contributed by atoms with Crippen molar-refractivity contribution in [3.05, 3.63) is 102 Å². The summed E-state index contributed by atoms with van der Waals surface area (Å²) in [6, 6.07) is 27.3. The van der Waals surface area contributed by atoms with E-state index in [4.69, 9.17) is 14.6 Å². The van der Waals surface area contributed by atoms with Crippen LogP contribution in [0.25, 0.3) is 10.8 Å². The molecular weight excluding hydrogens is 490 g/mol. The number of rotatable bonds is 9. The molecule has 0 spiro atoms. The summed E-state index contributed by atoms with van der Waals surface area (Å²) in [6.07, 6.45) is 1.33. The van der Waals surface area contributed by atoms with E-state index in [-0.39, 0.29) is 18.6 Å². The van der Waals surface area contributed by atoms with E-state index in [1.165, 1.54) is 5.01 Å². The second kappa shape index (κ2) is 11.4. The van der Waals surface area contributed by atoms with E-state index >= 15 is 0 Å². The molecule has 0 aliphatic carbocycles. The van der Waals surface area contributed by atoms with E-state index in [0.29, 0.717) is 30.1 Å². The van der Waals surface area contributed by atoms with Crippen LogP contribution >= 0.6 is 0 Å². The Bertz CT molecular complexity index is 1530. The van der Waals surface area contributed by atoms with Gasteiger partial charge in [0.05, 0.1) is 18.4 Å². The second-order valence-electron chi connectivity index (χ2n) is 9.60. The van der Waals surface area contributed by atoms with Crippen LogP contribution in [0.15, 0.2) is 90.0 Å². The van der Waals surface area contributed by atoms with E-state index < -0.39 is 0 Å². The Morgan fingerprint density at radius 3 is 2.44 bits per heavy atom. The third kappa shape index (κ3) is 5.62. The highest BCUT2D eigenvalue weighted by Crippen LogP contribution is 2.35. The van der Waals surface area contributed by atoms with Crippen molar-refractivity contribution >= 4 is 34.4 Å². The number of anilines is 1. The number of carbonyl (C=O) groups excluding carboxylic acids is 2. The maximum Gasteiger partial charge on any atom is 0.281 e. The largest absolute Gasteiger partial charge is 0.490 e. The van der Waals surface area contributed by atoms with Gasteiger partial charge in [-0.25, -0.2) is 5.01 Å². The fraction of sp³-hybridized carbons (Fsp3) is 0.219. The van der Waals surface area contributed by atoms with Gasteiger partial charge in [0.1, 0.15) is 6.29 Å². The zero-order chi connectivity index (χ0) is 27.4. The van der Waals surface area contributed by atoms with Gasteiger partial charge < -0.3 is 14.4 Å². The van der Waals surface area contributed by atoms with Gasteiger partial charge in [-0.3, -0.25) is 9.59 Å². The summed E-state index contributed by atoms with van der Waals surface area (Å²) in [7, 11) is 3.99. The van der Waals surface area contributed by atoms with Crippen LogP contribution in [0.2, 0.25) is 0 Å². The smallest absolute Gasteiger partial charge is 0.281 e. The van der Waals surface area contributed by atoms with E-state index in [1.807, 2.05) is 62.3 Å². The molecule has 0 radical (unpaired) electrons. The first-order valence-electron chi connectivity index (χ1n) is 13.0. The van der Waals surface area contributed by atoms with Crippen LogP contribution in [0, 0.1) is 0 Å². The lowest BCUT2D eigenvalue weighted by molar-refractivity contribution is -0.135. The molecular formula is C32H31N3O4. The van der Waals surface area contributed by atoms with Gasteiger partial charge >= 0.3 is 0 Å². The SMILES string of the molecule is CCOc1cc(C=O)ccc1OCC(=O)N1N=C(c2ccc3ccccc3c2)CC1c1ccc(N(C)C)cc1. The average Bonchev–Trinajstić information content (AvgIpc) is 3.42. The Morgan fingerprint density at radius 2 is 1.72 bits per heavy atom. The standard InChI is InChI=1S/C32H31N3O4/c1-4-38-31-17-22(20-36)9-16-30(31)39-21-32(37)35-29(24-12-14-27(15-13-24)34(2)3)19-28(33-35)26-11-10-23-7-5-6-8-25(23)18-26/h5-18,20,29H,4,19,21H2,1-3H3. The van der Waals surface area contributed by atoms with Crippen LogP contribution in [-0.2, 0) is 4.79 Å². The zero-order valence-corrected chi connectivity index (χ0v) is 22.3. The van der Waals surface area contributed by atoms with Crippen molar-refractivity contribution in [1.29, 1.82) is 0 Å². The summed E-state index contributed by atoms with van der Waals surface area (Å²) < 4.78 is 11.5. The molecule has 0 saturated heterocycles. The number of fused-ring (bicyclic) bond motifs is 1. The molecule has 1 amide bonds. The van der Waals surface area contributed by atoms with Crippen molar-refractivity contribution in [1.82, 2.24) is 5.01 Å². The molecule has 1 atom stereocenters. The fourth-order valence-electron chi connectivity index (χ4n) is 4.73. The Balaban J connectivity index is 1.43. The lowest BCUT2D eigenvalue weighted by Crippen LogP contribution is -2.31. The molecule has 1 heterocycles. The molecule has 5 rings (SSSR count). The highest BCUT2D eigenvalue weighted by atomic mass is 16.5. The minimum absolute atomic E-state index is 0.221. The number of carbonyl (C=O) groups is 2. The number of hydrogen-bond donors (Lipinski definition) is 0. The Kier molecular flexibility index (Phi) is 7.59. The van der Waals surface area contributed by atoms with Crippen molar-refractivity contribution in [2.45, 2.75) is 19.4 Å². The molecule has 4 aromatic carbocycles. The molecule has 1 aliphatic rings. The normalized spacial score (nSPS) is 14.7. The van der Waals surface area contributed by atoms with Crippen molar-refractivity contribution in [2.24, 2.45) is 5.10 Å². The highest BCUT2D eigenvalue weighted by molar-refractivity contribution is 6.05. The molecule has 198 valence electrons. The minimum atomic E-state index is -0.269. The Morgan fingerprint density at radius 1 is 0.949 bits per heavy atom. The van der Waals surface area contributed by atoms with Gasteiger partial charge in [-0.15, -0.1) is 0 Å². The zero-order valence-electron chi connectivity index (χ0n) is 22.3. The molecule has 7 heteroatoms. The second-order valence-corrected chi connectivity index (χ2v) is 9.60. The van der Waals surface area contributed by atoms with E-state index in [1.54, 1.807) is 18.2 Å². The predicted molar refractivity (Wildman–Crippen MR) is 154 cm³/mol. The third-order valence-electron chi connectivity index (χ3n) is 6.80. The van der Waals surface area contributed by atoms with Gasteiger partial charge in [-0.2, -0.15) is 5.10 Å². The molecule has 39 heavy (non-hydrogen) atoms. The Labute approximate surface area is 228 Å². The third-order valence-corrected chi connectivity index (χ3v) is 6.80. The molecule has 0 saturated carbocycles. The van der Waals surface area contributed by atoms with Crippen LogP contribution in [-0.4, -0.2) is 50.2 Å². The van der Waals surface area contributed by atoms with Crippen LogP contribution in [0.3, 0.4) is 0 Å². The van der Waals surface area contributed by atoms with Crippen molar-refractivity contribution < 1.29 is 19.1 Å². The van der Waals surface area contributed by atoms with Gasteiger partial charge in [0.15, 0.2) is 18.1 Å². The molecule has 0 aromatic heterocycles. The molecule has 0 N–H and O–H groups in total. The number of nitrogens with zero attached hydrogens (tertiary/aromatic N) is 3. The lowest BCUT2D eigenvalue weighted by atomic mass is 9.96. The summed E-state index contributed by atoms with van der Waals surface area (Å²) in [6.45, 7) is 2.03. The summed E-state index contributed by atoms with van der Waals surface area (Å²) in [5, 5.41) is 8.63. The van der Waals surface area contributed by atoms with Crippen LogP contribution in [0.5, 0.6) is 11.5 Å². The van der Waals surface area contributed by atoms with E-state index in [9.17, 15) is 9.59 Å². The van der Waals surface area contributed by atoms with Gasteiger partial charge in [-0.05, 0) is 65.2 Å². The minimum Gasteiger partial charge on any atom is -0.490 e. The van der Waals surface area contributed by atoms with Gasteiger partial charge in [0.25, 0.3) is 5.91 Å². The monoisotopic (exact) mass is 521 g/mol. The first-order chi connectivity index (χ1) is 19.0. The van der Waals surface area contributed by atoms with E-state index in [2.05, 4.69) is 30.3 Å².